The summed E-state index contributed by atoms with van der Waals surface area (Å²) in [6.45, 7) is 1.08. The summed E-state index contributed by atoms with van der Waals surface area (Å²) < 4.78 is 0. The van der Waals surface area contributed by atoms with Crippen LogP contribution in [0.3, 0.4) is 0 Å². The van der Waals surface area contributed by atoms with E-state index in [4.69, 9.17) is 0 Å². The third-order valence-corrected chi connectivity index (χ3v) is 5.36. The molecule has 2 N–H and O–H groups in total. The molecule has 132 valence electrons. The largest absolute Gasteiger partial charge is 0.480 e. The van der Waals surface area contributed by atoms with E-state index in [1.807, 2.05) is 17.3 Å². The number of hydrogen-bond acceptors (Lipinski definition) is 5. The maximum absolute atomic E-state index is 11.6. The molecule has 0 spiro atoms. The van der Waals surface area contributed by atoms with Gasteiger partial charge in [-0.2, -0.15) is 0 Å². The van der Waals surface area contributed by atoms with Gasteiger partial charge in [0.2, 0.25) is 0 Å². The molecule has 0 bridgehead atoms. The van der Waals surface area contributed by atoms with Crippen LogP contribution < -0.4 is 0 Å². The molecule has 1 fully saturated rings. The highest BCUT2D eigenvalue weighted by atomic mass is 16.4. The number of carboxylic acids is 1. The van der Waals surface area contributed by atoms with Crippen LogP contribution in [0.5, 0.6) is 0 Å². The number of fused-ring (bicyclic) bond motifs is 1. The summed E-state index contributed by atoms with van der Waals surface area (Å²) in [6, 6.07) is -0.561. The smallest absolute Gasteiger partial charge is 0.321 e. The molecule has 0 unspecified atom stereocenters. The van der Waals surface area contributed by atoms with Gasteiger partial charge in [-0.25, -0.2) is 15.0 Å². The van der Waals surface area contributed by atoms with Crippen LogP contribution in [0.15, 0.2) is 18.7 Å². The van der Waals surface area contributed by atoms with Crippen molar-refractivity contribution in [3.05, 3.63) is 41.5 Å². The average Bonchev–Trinajstić information content (AvgIpc) is 3.10. The van der Waals surface area contributed by atoms with Crippen LogP contribution in [0.25, 0.3) is 0 Å². The Hall–Kier alpha value is -2.28. The van der Waals surface area contributed by atoms with E-state index in [0.29, 0.717) is 25.4 Å². The Bertz CT molecular complexity index is 736. The molecule has 1 aliphatic heterocycles. The van der Waals surface area contributed by atoms with Crippen molar-refractivity contribution in [2.45, 2.75) is 63.6 Å². The van der Waals surface area contributed by atoms with E-state index >= 15 is 0 Å². The second-order valence-electron chi connectivity index (χ2n) is 7.08. The SMILES string of the molecule is O=C(O)[C@@H]1Cc2nc[nH]c2CN1Cc1cnc(C2CCCCC2)nc1. The molecule has 25 heavy (non-hydrogen) atoms. The summed E-state index contributed by atoms with van der Waals surface area (Å²) >= 11 is 0. The molecular formula is C18H23N5O2. The number of aliphatic carboxylic acids is 1. The summed E-state index contributed by atoms with van der Waals surface area (Å²) in [4.78, 5) is 30.0. The quantitative estimate of drug-likeness (QED) is 0.886. The van der Waals surface area contributed by atoms with E-state index < -0.39 is 12.0 Å². The van der Waals surface area contributed by atoms with Gasteiger partial charge >= 0.3 is 5.97 Å². The van der Waals surface area contributed by atoms with Crippen molar-refractivity contribution in [2.75, 3.05) is 0 Å². The number of H-pyrrole nitrogens is 1. The van der Waals surface area contributed by atoms with Crippen LogP contribution in [-0.2, 0) is 24.3 Å². The highest BCUT2D eigenvalue weighted by molar-refractivity contribution is 5.74. The number of nitrogens with zero attached hydrogens (tertiary/aromatic N) is 4. The molecule has 0 aromatic carbocycles. The van der Waals surface area contributed by atoms with Crippen molar-refractivity contribution in [3.8, 4) is 0 Å². The van der Waals surface area contributed by atoms with E-state index in [1.165, 1.54) is 32.1 Å². The highest BCUT2D eigenvalue weighted by Gasteiger charge is 2.33. The van der Waals surface area contributed by atoms with Gasteiger partial charge in [-0.15, -0.1) is 0 Å². The van der Waals surface area contributed by atoms with Gasteiger partial charge in [-0.1, -0.05) is 19.3 Å². The van der Waals surface area contributed by atoms with Crippen molar-refractivity contribution in [1.82, 2.24) is 24.8 Å². The minimum Gasteiger partial charge on any atom is -0.480 e. The maximum Gasteiger partial charge on any atom is 0.321 e. The second kappa shape index (κ2) is 6.92. The number of aromatic nitrogens is 4. The number of carboxylic acid groups (broad SMARTS) is 1. The molecule has 0 saturated heterocycles. The first-order valence-electron chi connectivity index (χ1n) is 8.99. The lowest BCUT2D eigenvalue weighted by molar-refractivity contribution is -0.144. The van der Waals surface area contributed by atoms with Crippen molar-refractivity contribution >= 4 is 5.97 Å². The predicted octanol–water partition coefficient (Wildman–Crippen LogP) is 2.26. The summed E-state index contributed by atoms with van der Waals surface area (Å²) in [5, 5.41) is 9.55. The van der Waals surface area contributed by atoms with E-state index in [0.717, 1.165) is 22.8 Å². The molecule has 7 heteroatoms. The summed E-state index contributed by atoms with van der Waals surface area (Å²) in [6.07, 6.45) is 12.0. The van der Waals surface area contributed by atoms with Crippen molar-refractivity contribution < 1.29 is 9.90 Å². The number of carbonyl (C=O) groups is 1. The van der Waals surface area contributed by atoms with Gasteiger partial charge in [0.1, 0.15) is 11.9 Å². The molecule has 1 saturated carbocycles. The fourth-order valence-corrected chi connectivity index (χ4v) is 3.95. The first-order valence-corrected chi connectivity index (χ1v) is 8.99. The average molecular weight is 341 g/mol. The van der Waals surface area contributed by atoms with Crippen LogP contribution in [-0.4, -0.2) is 42.0 Å². The van der Waals surface area contributed by atoms with Gasteiger partial charge in [0.15, 0.2) is 0 Å². The molecule has 2 aromatic rings. The van der Waals surface area contributed by atoms with Gasteiger partial charge < -0.3 is 10.1 Å². The van der Waals surface area contributed by atoms with Crippen LogP contribution in [0.4, 0.5) is 0 Å². The Kier molecular flexibility index (Phi) is 4.48. The van der Waals surface area contributed by atoms with Crippen LogP contribution in [0.2, 0.25) is 0 Å². The van der Waals surface area contributed by atoms with E-state index in [-0.39, 0.29) is 0 Å². The standard InChI is InChI=1S/C18H23N5O2/c24-18(25)16-6-14-15(22-11-21-14)10-23(16)9-12-7-19-17(20-8-12)13-4-2-1-3-5-13/h7-8,11,13,16H,1-6,9-10H2,(H,21,22)(H,24,25)/t16-/m0/s1. The Morgan fingerprint density at radius 1 is 1.20 bits per heavy atom. The zero-order chi connectivity index (χ0) is 17.2. The molecule has 0 radical (unpaired) electrons. The van der Waals surface area contributed by atoms with Gasteiger partial charge in [0.25, 0.3) is 0 Å². The molecule has 7 nitrogen and oxygen atoms in total. The van der Waals surface area contributed by atoms with E-state index in [1.54, 1.807) is 6.33 Å². The summed E-state index contributed by atoms with van der Waals surface area (Å²) in [5.41, 5.74) is 2.80. The third-order valence-electron chi connectivity index (χ3n) is 5.36. The molecule has 2 aliphatic rings. The molecule has 2 aromatic heterocycles. The Morgan fingerprint density at radius 2 is 1.96 bits per heavy atom. The van der Waals surface area contributed by atoms with Crippen LogP contribution in [0, 0.1) is 0 Å². The lowest BCUT2D eigenvalue weighted by Crippen LogP contribution is -2.45. The predicted molar refractivity (Wildman–Crippen MR) is 90.8 cm³/mol. The lowest BCUT2D eigenvalue weighted by atomic mass is 9.89. The third kappa shape index (κ3) is 3.42. The van der Waals surface area contributed by atoms with Crippen molar-refractivity contribution in [2.24, 2.45) is 0 Å². The zero-order valence-electron chi connectivity index (χ0n) is 14.2. The topological polar surface area (TPSA) is 95.0 Å². The molecule has 3 heterocycles. The highest BCUT2D eigenvalue weighted by Crippen LogP contribution is 2.30. The van der Waals surface area contributed by atoms with Gasteiger partial charge in [0, 0.05) is 43.4 Å². The Labute approximate surface area is 146 Å². The van der Waals surface area contributed by atoms with Crippen molar-refractivity contribution in [3.63, 3.8) is 0 Å². The van der Waals surface area contributed by atoms with E-state index in [2.05, 4.69) is 19.9 Å². The Balaban J connectivity index is 1.47. The molecular weight excluding hydrogens is 318 g/mol. The van der Waals surface area contributed by atoms with Gasteiger partial charge in [-0.3, -0.25) is 9.69 Å². The maximum atomic E-state index is 11.6. The monoisotopic (exact) mass is 341 g/mol. The first-order chi connectivity index (χ1) is 12.2. The summed E-state index contributed by atoms with van der Waals surface area (Å²) in [5.74, 6) is 0.609. The number of rotatable bonds is 4. The molecule has 0 amide bonds. The second-order valence-corrected chi connectivity index (χ2v) is 7.08. The normalized spacial score (nSPS) is 21.8. The first kappa shape index (κ1) is 16.2. The van der Waals surface area contributed by atoms with Crippen molar-refractivity contribution in [1.29, 1.82) is 0 Å². The zero-order valence-corrected chi connectivity index (χ0v) is 14.2. The number of imidazole rings is 1. The molecule has 4 rings (SSSR count). The fraction of sp³-hybridized carbons (Fsp3) is 0.556. The lowest BCUT2D eigenvalue weighted by Gasteiger charge is -2.32. The summed E-state index contributed by atoms with van der Waals surface area (Å²) in [7, 11) is 0. The minimum atomic E-state index is -0.812. The van der Waals surface area contributed by atoms with Gasteiger partial charge in [0.05, 0.1) is 17.7 Å². The van der Waals surface area contributed by atoms with Crippen LogP contribution in [0.1, 0.15) is 60.8 Å². The number of aromatic amines is 1. The van der Waals surface area contributed by atoms with E-state index in [9.17, 15) is 9.90 Å². The molecule has 1 aliphatic carbocycles. The molecule has 1 atom stereocenters. The number of nitrogens with one attached hydrogen (secondary N) is 1. The fourth-order valence-electron chi connectivity index (χ4n) is 3.95. The minimum absolute atomic E-state index is 0.426. The Morgan fingerprint density at radius 3 is 2.68 bits per heavy atom. The number of hydrogen-bond donors (Lipinski definition) is 2. The van der Waals surface area contributed by atoms with Gasteiger partial charge in [-0.05, 0) is 12.8 Å². The van der Waals surface area contributed by atoms with Crippen LogP contribution >= 0.6 is 0 Å².